The molecule has 0 saturated carbocycles. The van der Waals surface area contributed by atoms with Gasteiger partial charge in [-0.05, 0) is 12.5 Å². The van der Waals surface area contributed by atoms with Crippen LogP contribution in [0.15, 0.2) is 47.4 Å². The van der Waals surface area contributed by atoms with Crippen molar-refractivity contribution in [3.05, 3.63) is 54.3 Å². The molecule has 3 aromatic rings. The van der Waals surface area contributed by atoms with Crippen LogP contribution < -0.4 is 15.6 Å². The largest absolute Gasteiger partial charge is 0.496 e. The van der Waals surface area contributed by atoms with Gasteiger partial charge >= 0.3 is 0 Å². The van der Waals surface area contributed by atoms with Crippen LogP contribution in [0.3, 0.4) is 0 Å². The van der Waals surface area contributed by atoms with Gasteiger partial charge in [0.2, 0.25) is 17.6 Å². The van der Waals surface area contributed by atoms with Gasteiger partial charge in [0.15, 0.2) is 0 Å². The minimum atomic E-state index is -0.293. The number of benzene rings is 1. The highest BCUT2D eigenvalue weighted by atomic mass is 16.5. The lowest BCUT2D eigenvalue weighted by molar-refractivity contribution is -0.138. The van der Waals surface area contributed by atoms with Crippen molar-refractivity contribution in [3.8, 4) is 17.3 Å². The van der Waals surface area contributed by atoms with Gasteiger partial charge in [0.05, 0.1) is 25.3 Å². The number of hydrazine groups is 1. The topological polar surface area (TPSA) is 118 Å². The van der Waals surface area contributed by atoms with Crippen LogP contribution in [0.25, 0.3) is 11.5 Å². The number of para-hydroxylation sites is 1. The second-order valence-electron chi connectivity index (χ2n) is 7.36. The minimum absolute atomic E-state index is 0.0117. The van der Waals surface area contributed by atoms with Gasteiger partial charge in [-0.25, -0.2) is 15.8 Å². The molecule has 30 heavy (non-hydrogen) atoms. The zero-order valence-corrected chi connectivity index (χ0v) is 16.4. The molecule has 5 rings (SSSR count). The number of carbonyl (C=O) groups excluding carboxylic acids is 1. The molecule has 0 bridgehead atoms. The maximum Gasteiger partial charge on any atom is 0.241 e. The van der Waals surface area contributed by atoms with E-state index >= 15 is 0 Å². The van der Waals surface area contributed by atoms with E-state index in [1.54, 1.807) is 30.6 Å². The molecule has 154 valence electrons. The number of rotatable bonds is 5. The predicted molar refractivity (Wildman–Crippen MR) is 105 cm³/mol. The molecule has 2 N–H and O–H groups in total. The summed E-state index contributed by atoms with van der Waals surface area (Å²) in [5.41, 5.74) is 7.93. The number of nitrogens with zero attached hydrogens (tertiary/aromatic N) is 5. The first-order chi connectivity index (χ1) is 14.7. The summed E-state index contributed by atoms with van der Waals surface area (Å²) >= 11 is 0. The quantitative estimate of drug-likeness (QED) is 0.640. The molecular formula is C20H21N7O3. The predicted octanol–water partition coefficient (Wildman–Crippen LogP) is 1.07. The molecule has 4 heterocycles. The Morgan fingerprint density at radius 1 is 1.23 bits per heavy atom. The summed E-state index contributed by atoms with van der Waals surface area (Å²) in [5, 5.41) is 3.97. The molecule has 2 aliphatic heterocycles. The van der Waals surface area contributed by atoms with Crippen LogP contribution in [-0.2, 0) is 4.79 Å². The minimum Gasteiger partial charge on any atom is -0.496 e. The number of amides is 1. The molecule has 1 aromatic carbocycles. The highest BCUT2D eigenvalue weighted by Gasteiger charge is 2.41. The SMILES string of the molecule is COc1ccccc1C1CC(C(=O)N2CC(c3nc(-c4cnccn4)no3)C2)NN1. The summed E-state index contributed by atoms with van der Waals surface area (Å²) in [6.07, 6.45) is 5.40. The smallest absolute Gasteiger partial charge is 0.241 e. The van der Waals surface area contributed by atoms with Gasteiger partial charge in [-0.3, -0.25) is 9.78 Å². The molecular weight excluding hydrogens is 386 g/mol. The molecule has 2 saturated heterocycles. The Labute approximate surface area is 172 Å². The molecule has 10 nitrogen and oxygen atoms in total. The molecule has 2 fully saturated rings. The van der Waals surface area contributed by atoms with Crippen LogP contribution >= 0.6 is 0 Å². The lowest BCUT2D eigenvalue weighted by Crippen LogP contribution is -2.54. The fraction of sp³-hybridized carbons (Fsp3) is 0.350. The Hall–Kier alpha value is -3.37. The third-order valence-corrected chi connectivity index (χ3v) is 5.49. The first-order valence-corrected chi connectivity index (χ1v) is 9.75. The maximum atomic E-state index is 12.9. The molecule has 0 aliphatic carbocycles. The Morgan fingerprint density at radius 2 is 2.10 bits per heavy atom. The standard InChI is InChI=1S/C20H21N7O3/c1-29-17-5-3-2-4-13(17)14-8-15(25-24-14)20(28)27-10-12(11-27)19-23-18(26-30-19)16-9-21-6-7-22-16/h2-7,9,12,14-15,24-25H,8,10-11H2,1H3. The van der Waals surface area contributed by atoms with Crippen LogP contribution in [0, 0.1) is 0 Å². The van der Waals surface area contributed by atoms with Crippen molar-refractivity contribution in [3.63, 3.8) is 0 Å². The average molecular weight is 407 g/mol. The van der Waals surface area contributed by atoms with Crippen LogP contribution in [-0.4, -0.2) is 57.2 Å². The lowest BCUT2D eigenvalue weighted by atomic mass is 9.96. The zero-order chi connectivity index (χ0) is 20.5. The van der Waals surface area contributed by atoms with E-state index in [1.165, 1.54) is 0 Å². The highest BCUT2D eigenvalue weighted by molar-refractivity contribution is 5.83. The van der Waals surface area contributed by atoms with Crippen LogP contribution in [0.1, 0.15) is 29.8 Å². The number of carbonyl (C=O) groups is 1. The third-order valence-electron chi connectivity index (χ3n) is 5.49. The first-order valence-electron chi connectivity index (χ1n) is 9.75. The molecule has 2 atom stereocenters. The molecule has 1 amide bonds. The van der Waals surface area contributed by atoms with Crippen molar-refractivity contribution >= 4 is 5.91 Å². The number of hydrogen-bond donors (Lipinski definition) is 2. The van der Waals surface area contributed by atoms with E-state index in [1.807, 2.05) is 24.3 Å². The lowest BCUT2D eigenvalue weighted by Gasteiger charge is -2.38. The summed E-state index contributed by atoms with van der Waals surface area (Å²) in [4.78, 5) is 27.3. The Kier molecular flexibility index (Phi) is 4.85. The van der Waals surface area contributed by atoms with E-state index in [4.69, 9.17) is 9.26 Å². The molecule has 2 unspecified atom stereocenters. The average Bonchev–Trinajstić information content (AvgIpc) is 3.43. The van der Waals surface area contributed by atoms with Gasteiger partial charge in [-0.1, -0.05) is 23.4 Å². The number of nitrogens with one attached hydrogen (secondary N) is 2. The Bertz CT molecular complexity index is 1040. The molecule has 2 aliphatic rings. The zero-order valence-electron chi connectivity index (χ0n) is 16.4. The van der Waals surface area contributed by atoms with E-state index in [-0.39, 0.29) is 23.9 Å². The molecule has 2 aromatic heterocycles. The van der Waals surface area contributed by atoms with Crippen LogP contribution in [0.4, 0.5) is 0 Å². The van der Waals surface area contributed by atoms with Gasteiger partial charge in [-0.15, -0.1) is 0 Å². The highest BCUT2D eigenvalue weighted by Crippen LogP contribution is 2.32. The van der Waals surface area contributed by atoms with E-state index in [0.717, 1.165) is 11.3 Å². The number of aromatic nitrogens is 4. The molecule has 0 spiro atoms. The van der Waals surface area contributed by atoms with Gasteiger partial charge in [0.1, 0.15) is 17.5 Å². The first kappa shape index (κ1) is 18.6. The molecule has 0 radical (unpaired) electrons. The summed E-state index contributed by atoms with van der Waals surface area (Å²) in [6.45, 7) is 1.11. The fourth-order valence-electron chi connectivity index (χ4n) is 3.83. The van der Waals surface area contributed by atoms with Crippen LogP contribution in [0.2, 0.25) is 0 Å². The van der Waals surface area contributed by atoms with E-state index in [0.29, 0.717) is 36.9 Å². The van der Waals surface area contributed by atoms with Crippen molar-refractivity contribution in [1.82, 2.24) is 35.9 Å². The Balaban J connectivity index is 1.18. The monoisotopic (exact) mass is 407 g/mol. The van der Waals surface area contributed by atoms with E-state index < -0.39 is 0 Å². The molecule has 10 heteroatoms. The van der Waals surface area contributed by atoms with Gasteiger partial charge < -0.3 is 14.2 Å². The number of methoxy groups -OCH3 is 1. The van der Waals surface area contributed by atoms with Crippen molar-refractivity contribution in [2.24, 2.45) is 0 Å². The summed E-state index contributed by atoms with van der Waals surface area (Å²) in [7, 11) is 1.65. The third kappa shape index (κ3) is 3.40. The van der Waals surface area contributed by atoms with Crippen molar-refractivity contribution < 1.29 is 14.1 Å². The number of ether oxygens (including phenoxy) is 1. The van der Waals surface area contributed by atoms with E-state index in [9.17, 15) is 4.79 Å². The van der Waals surface area contributed by atoms with E-state index in [2.05, 4.69) is 31.0 Å². The van der Waals surface area contributed by atoms with Crippen molar-refractivity contribution in [2.75, 3.05) is 20.2 Å². The maximum absolute atomic E-state index is 12.9. The Morgan fingerprint density at radius 3 is 2.90 bits per heavy atom. The van der Waals surface area contributed by atoms with Gasteiger partial charge in [0, 0.05) is 31.0 Å². The second-order valence-corrected chi connectivity index (χ2v) is 7.36. The van der Waals surface area contributed by atoms with Crippen LogP contribution in [0.5, 0.6) is 5.75 Å². The number of hydrogen-bond acceptors (Lipinski definition) is 9. The van der Waals surface area contributed by atoms with Gasteiger partial charge in [-0.2, -0.15) is 4.98 Å². The second kappa shape index (κ2) is 7.81. The fourth-order valence-corrected chi connectivity index (χ4v) is 3.83. The number of likely N-dealkylation sites (tertiary alicyclic amines) is 1. The summed E-state index contributed by atoms with van der Waals surface area (Å²) < 4.78 is 10.8. The van der Waals surface area contributed by atoms with Crippen molar-refractivity contribution in [1.29, 1.82) is 0 Å². The van der Waals surface area contributed by atoms with Crippen molar-refractivity contribution in [2.45, 2.75) is 24.4 Å². The normalized spacial score (nSPS) is 21.4. The van der Waals surface area contributed by atoms with Gasteiger partial charge in [0.25, 0.3) is 0 Å². The summed E-state index contributed by atoms with van der Waals surface area (Å²) in [6, 6.07) is 7.55. The summed E-state index contributed by atoms with van der Waals surface area (Å²) in [5.74, 6) is 1.83.